The van der Waals surface area contributed by atoms with E-state index in [1.807, 2.05) is 4.90 Å². The summed E-state index contributed by atoms with van der Waals surface area (Å²) < 4.78 is 38.4. The minimum atomic E-state index is -3.71. The van der Waals surface area contributed by atoms with E-state index in [0.29, 0.717) is 37.6 Å². The van der Waals surface area contributed by atoms with Crippen LogP contribution >= 0.6 is 0 Å². The fourth-order valence-corrected chi connectivity index (χ4v) is 6.77. The number of sulfonamides is 1. The fraction of sp³-hybridized carbons (Fsp3) is 0.708. The Labute approximate surface area is 197 Å². The second kappa shape index (κ2) is 11.2. The minimum Gasteiger partial charge on any atom is -0.495 e. The summed E-state index contributed by atoms with van der Waals surface area (Å²) in [5, 5.41) is 0. The number of carbonyl (C=O) groups is 1. The molecule has 33 heavy (non-hydrogen) atoms. The normalized spacial score (nSPS) is 21.8. The third kappa shape index (κ3) is 6.07. The Bertz CT molecular complexity index is 903. The summed E-state index contributed by atoms with van der Waals surface area (Å²) in [6.07, 6.45) is 6.96. The van der Waals surface area contributed by atoms with Crippen LogP contribution in [0.2, 0.25) is 0 Å². The van der Waals surface area contributed by atoms with E-state index in [1.165, 1.54) is 43.5 Å². The number of amides is 1. The average Bonchev–Trinajstić information content (AvgIpc) is 2.85. The van der Waals surface area contributed by atoms with Crippen LogP contribution in [0.15, 0.2) is 23.1 Å². The Morgan fingerprint density at radius 2 is 1.73 bits per heavy atom. The summed E-state index contributed by atoms with van der Waals surface area (Å²) in [6.45, 7) is 5.87. The number of hydrogen-bond acceptors (Lipinski definition) is 6. The van der Waals surface area contributed by atoms with Crippen LogP contribution in [0.5, 0.6) is 5.75 Å². The Morgan fingerprint density at radius 1 is 1.03 bits per heavy atom. The second-order valence-electron chi connectivity index (χ2n) is 9.36. The first-order valence-corrected chi connectivity index (χ1v) is 13.7. The number of hydrogen-bond donors (Lipinski definition) is 0. The maximum absolute atomic E-state index is 13.2. The standard InChI is InChI=1S/C24H37N3O5S/c1-31-22-8-7-21(17-23(22)33(29,30)27-13-15-32-16-14-27)18-24(28)26-11-9-25(10-12-26)19-20-5-3-2-4-6-20/h7-8,17,20H,2-6,9-16,18-19H2,1H3. The maximum Gasteiger partial charge on any atom is 0.246 e. The van der Waals surface area contributed by atoms with E-state index in [9.17, 15) is 13.2 Å². The van der Waals surface area contributed by atoms with Crippen molar-refractivity contribution in [3.63, 3.8) is 0 Å². The molecule has 1 amide bonds. The van der Waals surface area contributed by atoms with E-state index in [0.717, 1.165) is 38.6 Å². The van der Waals surface area contributed by atoms with Crippen molar-refractivity contribution in [3.05, 3.63) is 23.8 Å². The molecular weight excluding hydrogens is 442 g/mol. The van der Waals surface area contributed by atoms with Crippen LogP contribution < -0.4 is 4.74 Å². The summed E-state index contributed by atoms with van der Waals surface area (Å²) in [7, 11) is -2.25. The third-order valence-electron chi connectivity index (χ3n) is 7.14. The van der Waals surface area contributed by atoms with E-state index in [-0.39, 0.29) is 17.2 Å². The number of benzene rings is 1. The maximum atomic E-state index is 13.2. The monoisotopic (exact) mass is 479 g/mol. The van der Waals surface area contributed by atoms with E-state index < -0.39 is 10.0 Å². The molecule has 0 aromatic heterocycles. The highest BCUT2D eigenvalue weighted by Crippen LogP contribution is 2.29. The summed E-state index contributed by atoms with van der Waals surface area (Å²) in [5.74, 6) is 1.16. The van der Waals surface area contributed by atoms with Gasteiger partial charge in [0.25, 0.3) is 0 Å². The highest BCUT2D eigenvalue weighted by molar-refractivity contribution is 7.89. The van der Waals surface area contributed by atoms with Gasteiger partial charge in [0.1, 0.15) is 10.6 Å². The fourth-order valence-electron chi connectivity index (χ4n) is 5.16. The SMILES string of the molecule is COc1ccc(CC(=O)N2CCN(CC3CCCCC3)CC2)cc1S(=O)(=O)N1CCOCC1. The molecule has 1 aromatic rings. The van der Waals surface area contributed by atoms with Crippen molar-refractivity contribution in [3.8, 4) is 5.75 Å². The molecule has 3 aliphatic rings. The van der Waals surface area contributed by atoms with Crippen molar-refractivity contribution in [2.24, 2.45) is 5.92 Å². The van der Waals surface area contributed by atoms with E-state index in [4.69, 9.17) is 9.47 Å². The van der Waals surface area contributed by atoms with Crippen molar-refractivity contribution in [2.75, 3.05) is 66.1 Å². The molecule has 1 aliphatic carbocycles. The van der Waals surface area contributed by atoms with Crippen LogP contribution in [-0.2, 0) is 26.0 Å². The molecule has 2 saturated heterocycles. The number of morpholine rings is 1. The Balaban J connectivity index is 1.36. The van der Waals surface area contributed by atoms with Gasteiger partial charge in [-0.05, 0) is 36.5 Å². The van der Waals surface area contributed by atoms with Gasteiger partial charge in [-0.25, -0.2) is 8.42 Å². The first-order chi connectivity index (χ1) is 16.0. The molecule has 0 unspecified atom stereocenters. The van der Waals surface area contributed by atoms with Gasteiger partial charge in [-0.1, -0.05) is 25.3 Å². The van der Waals surface area contributed by atoms with Crippen LogP contribution in [0.3, 0.4) is 0 Å². The second-order valence-corrected chi connectivity index (χ2v) is 11.3. The first kappa shape index (κ1) is 24.4. The number of nitrogens with zero attached hydrogens (tertiary/aromatic N) is 3. The zero-order valence-electron chi connectivity index (χ0n) is 19.7. The lowest BCUT2D eigenvalue weighted by atomic mass is 9.89. The Kier molecular flexibility index (Phi) is 8.27. The number of rotatable bonds is 7. The highest BCUT2D eigenvalue weighted by atomic mass is 32.2. The topological polar surface area (TPSA) is 79.4 Å². The van der Waals surface area contributed by atoms with Crippen LogP contribution in [0.1, 0.15) is 37.7 Å². The number of methoxy groups -OCH3 is 1. The van der Waals surface area contributed by atoms with Gasteiger partial charge in [0.2, 0.25) is 15.9 Å². The summed E-state index contributed by atoms with van der Waals surface area (Å²) in [5.41, 5.74) is 0.692. The van der Waals surface area contributed by atoms with Gasteiger partial charge in [0.05, 0.1) is 26.7 Å². The van der Waals surface area contributed by atoms with E-state index in [1.54, 1.807) is 18.2 Å². The first-order valence-electron chi connectivity index (χ1n) is 12.2. The molecule has 9 heteroatoms. The number of carbonyl (C=O) groups excluding carboxylic acids is 1. The summed E-state index contributed by atoms with van der Waals surface area (Å²) in [6, 6.07) is 5.04. The van der Waals surface area contributed by atoms with Gasteiger partial charge in [-0.15, -0.1) is 0 Å². The van der Waals surface area contributed by atoms with Crippen molar-refractivity contribution in [1.29, 1.82) is 0 Å². The van der Waals surface area contributed by atoms with Crippen molar-refractivity contribution < 1.29 is 22.7 Å². The molecule has 0 N–H and O–H groups in total. The lowest BCUT2D eigenvalue weighted by molar-refractivity contribution is -0.132. The molecular formula is C24H37N3O5S. The molecule has 0 radical (unpaired) electrons. The molecule has 0 atom stereocenters. The molecule has 4 rings (SSSR count). The molecule has 3 fully saturated rings. The zero-order chi connectivity index (χ0) is 23.3. The number of ether oxygens (including phenoxy) is 2. The van der Waals surface area contributed by atoms with E-state index in [2.05, 4.69) is 4.90 Å². The quantitative estimate of drug-likeness (QED) is 0.595. The Morgan fingerprint density at radius 3 is 2.39 bits per heavy atom. The van der Waals surface area contributed by atoms with Crippen LogP contribution in [0, 0.1) is 5.92 Å². The van der Waals surface area contributed by atoms with Gasteiger partial charge < -0.3 is 14.4 Å². The molecule has 2 aliphatic heterocycles. The minimum absolute atomic E-state index is 0.0483. The zero-order valence-corrected chi connectivity index (χ0v) is 20.5. The molecule has 0 bridgehead atoms. The van der Waals surface area contributed by atoms with Crippen LogP contribution in [0.4, 0.5) is 0 Å². The highest BCUT2D eigenvalue weighted by Gasteiger charge is 2.30. The van der Waals surface area contributed by atoms with Gasteiger partial charge in [0.15, 0.2) is 0 Å². The lowest BCUT2D eigenvalue weighted by Gasteiger charge is -2.37. The lowest BCUT2D eigenvalue weighted by Crippen LogP contribution is -2.50. The van der Waals surface area contributed by atoms with Gasteiger partial charge in [0, 0.05) is 45.8 Å². The van der Waals surface area contributed by atoms with Crippen molar-refractivity contribution in [1.82, 2.24) is 14.1 Å². The smallest absolute Gasteiger partial charge is 0.246 e. The predicted molar refractivity (Wildman–Crippen MR) is 126 cm³/mol. The molecule has 8 nitrogen and oxygen atoms in total. The molecule has 2 heterocycles. The summed E-state index contributed by atoms with van der Waals surface area (Å²) in [4.78, 5) is 17.5. The average molecular weight is 480 g/mol. The largest absolute Gasteiger partial charge is 0.495 e. The van der Waals surface area contributed by atoms with Crippen LogP contribution in [0.25, 0.3) is 0 Å². The summed E-state index contributed by atoms with van der Waals surface area (Å²) >= 11 is 0. The van der Waals surface area contributed by atoms with Gasteiger partial charge in [-0.3, -0.25) is 9.69 Å². The predicted octanol–water partition coefficient (Wildman–Crippen LogP) is 1.98. The van der Waals surface area contributed by atoms with Gasteiger partial charge >= 0.3 is 0 Å². The van der Waals surface area contributed by atoms with Crippen LogP contribution in [-0.4, -0.2) is 94.6 Å². The molecule has 1 saturated carbocycles. The van der Waals surface area contributed by atoms with E-state index >= 15 is 0 Å². The molecule has 184 valence electrons. The number of piperazine rings is 1. The van der Waals surface area contributed by atoms with Crippen molar-refractivity contribution >= 4 is 15.9 Å². The third-order valence-corrected chi connectivity index (χ3v) is 9.06. The van der Waals surface area contributed by atoms with Gasteiger partial charge in [-0.2, -0.15) is 4.31 Å². The Hall–Kier alpha value is -1.68. The molecule has 0 spiro atoms. The van der Waals surface area contributed by atoms with Crippen molar-refractivity contribution in [2.45, 2.75) is 43.4 Å². The molecule has 1 aromatic carbocycles.